The Bertz CT molecular complexity index is 597. The Morgan fingerprint density at radius 3 is 2.32 bits per heavy atom. The zero-order valence-electron chi connectivity index (χ0n) is 14.5. The van der Waals surface area contributed by atoms with E-state index in [-0.39, 0.29) is 5.91 Å². The Morgan fingerprint density at radius 2 is 1.72 bits per heavy atom. The Kier molecular flexibility index (Phi) is 6.98. The minimum absolute atomic E-state index is 0.152. The zero-order chi connectivity index (χ0) is 18.2. The predicted molar refractivity (Wildman–Crippen MR) is 93.8 cm³/mol. The van der Waals surface area contributed by atoms with Crippen molar-refractivity contribution in [1.82, 2.24) is 10.6 Å². The largest absolute Gasteiger partial charge is 0.479 e. The van der Waals surface area contributed by atoms with E-state index in [1.165, 1.54) is 6.42 Å². The first-order valence-electron chi connectivity index (χ1n) is 8.85. The van der Waals surface area contributed by atoms with Crippen LogP contribution in [0.5, 0.6) is 0 Å². The van der Waals surface area contributed by atoms with Crippen molar-refractivity contribution in [1.29, 1.82) is 0 Å². The van der Waals surface area contributed by atoms with E-state index in [0.717, 1.165) is 25.7 Å². The van der Waals surface area contributed by atoms with Gasteiger partial charge in [-0.15, -0.1) is 0 Å². The summed E-state index contributed by atoms with van der Waals surface area (Å²) in [4.78, 5) is 35.8. The number of nitrogens with one attached hydrogen (secondary N) is 2. The molecule has 1 fully saturated rings. The number of aliphatic carboxylic acids is 1. The highest BCUT2D eigenvalue weighted by Crippen LogP contribution is 2.26. The van der Waals surface area contributed by atoms with Crippen molar-refractivity contribution < 1.29 is 19.5 Å². The number of carboxylic acids is 1. The van der Waals surface area contributed by atoms with Crippen molar-refractivity contribution in [3.05, 3.63) is 35.9 Å². The van der Waals surface area contributed by atoms with Gasteiger partial charge in [-0.1, -0.05) is 49.6 Å². The lowest BCUT2D eigenvalue weighted by atomic mass is 9.87. The average molecular weight is 346 g/mol. The summed E-state index contributed by atoms with van der Waals surface area (Å²) >= 11 is 0. The molecule has 6 nitrogen and oxygen atoms in total. The third kappa shape index (κ3) is 5.89. The summed E-state index contributed by atoms with van der Waals surface area (Å²) in [5.74, 6) is -1.41. The lowest BCUT2D eigenvalue weighted by Gasteiger charge is -2.22. The van der Waals surface area contributed by atoms with Crippen LogP contribution in [0.15, 0.2) is 30.3 Å². The lowest BCUT2D eigenvalue weighted by molar-refractivity contribution is -0.142. The van der Waals surface area contributed by atoms with Crippen LogP contribution >= 0.6 is 0 Å². The van der Waals surface area contributed by atoms with E-state index < -0.39 is 24.0 Å². The van der Waals surface area contributed by atoms with Gasteiger partial charge in [0.25, 0.3) is 0 Å². The number of amides is 2. The average Bonchev–Trinajstić information content (AvgIpc) is 2.60. The summed E-state index contributed by atoms with van der Waals surface area (Å²) in [6.07, 6.45) is 6.09. The van der Waals surface area contributed by atoms with Gasteiger partial charge in [0.2, 0.25) is 11.8 Å². The molecule has 0 aromatic heterocycles. The molecule has 2 atom stereocenters. The third-order valence-electron chi connectivity index (χ3n) is 4.64. The molecule has 0 saturated heterocycles. The molecule has 25 heavy (non-hydrogen) atoms. The molecule has 0 aliphatic heterocycles. The first-order valence-corrected chi connectivity index (χ1v) is 8.85. The van der Waals surface area contributed by atoms with Crippen LogP contribution < -0.4 is 10.6 Å². The Labute approximate surface area is 148 Å². The summed E-state index contributed by atoms with van der Waals surface area (Å²) in [5, 5.41) is 14.5. The minimum Gasteiger partial charge on any atom is -0.479 e. The fourth-order valence-electron chi connectivity index (χ4n) is 3.22. The maximum Gasteiger partial charge on any atom is 0.330 e. The van der Waals surface area contributed by atoms with E-state index in [1.54, 1.807) is 37.3 Å². The second-order valence-corrected chi connectivity index (χ2v) is 6.69. The van der Waals surface area contributed by atoms with Gasteiger partial charge in [0.1, 0.15) is 6.04 Å². The van der Waals surface area contributed by atoms with Gasteiger partial charge in [-0.3, -0.25) is 9.59 Å². The molecule has 1 aliphatic rings. The van der Waals surface area contributed by atoms with Crippen molar-refractivity contribution in [3.8, 4) is 0 Å². The molecular formula is C19H26N2O4. The van der Waals surface area contributed by atoms with Crippen molar-refractivity contribution in [2.45, 2.75) is 57.5 Å². The monoisotopic (exact) mass is 346 g/mol. The number of carbonyl (C=O) groups excluding carboxylic acids is 2. The van der Waals surface area contributed by atoms with Crippen LogP contribution in [0.1, 0.15) is 57.1 Å². The summed E-state index contributed by atoms with van der Waals surface area (Å²) < 4.78 is 0. The van der Waals surface area contributed by atoms with Crippen LogP contribution in [0, 0.1) is 5.92 Å². The Morgan fingerprint density at radius 1 is 1.08 bits per heavy atom. The smallest absolute Gasteiger partial charge is 0.330 e. The van der Waals surface area contributed by atoms with Crippen molar-refractivity contribution >= 4 is 17.8 Å². The van der Waals surface area contributed by atoms with E-state index in [1.807, 2.05) is 0 Å². The van der Waals surface area contributed by atoms with E-state index in [0.29, 0.717) is 17.9 Å². The van der Waals surface area contributed by atoms with E-state index in [4.69, 9.17) is 0 Å². The first-order chi connectivity index (χ1) is 12.0. The first kappa shape index (κ1) is 19.0. The Balaban J connectivity index is 1.87. The van der Waals surface area contributed by atoms with E-state index >= 15 is 0 Å². The van der Waals surface area contributed by atoms with Crippen molar-refractivity contribution in [2.75, 3.05) is 0 Å². The molecular weight excluding hydrogens is 320 g/mol. The van der Waals surface area contributed by atoms with Gasteiger partial charge >= 0.3 is 5.97 Å². The number of benzene rings is 1. The van der Waals surface area contributed by atoms with Gasteiger partial charge in [-0.2, -0.15) is 0 Å². The molecule has 0 spiro atoms. The second-order valence-electron chi connectivity index (χ2n) is 6.69. The molecule has 3 N–H and O–H groups in total. The summed E-state index contributed by atoms with van der Waals surface area (Å²) in [5.41, 5.74) is 0.490. The van der Waals surface area contributed by atoms with Gasteiger partial charge < -0.3 is 15.7 Å². The molecule has 6 heteroatoms. The molecule has 2 unspecified atom stereocenters. The van der Waals surface area contributed by atoms with Gasteiger partial charge in [0.15, 0.2) is 6.04 Å². The molecule has 136 valence electrons. The van der Waals surface area contributed by atoms with Crippen LogP contribution in [0.25, 0.3) is 0 Å². The summed E-state index contributed by atoms with van der Waals surface area (Å²) in [6, 6.07) is 6.59. The highest BCUT2D eigenvalue weighted by atomic mass is 16.4. The van der Waals surface area contributed by atoms with Crippen LogP contribution in [-0.2, 0) is 14.4 Å². The maximum absolute atomic E-state index is 12.3. The standard InChI is InChI=1S/C19H26N2O4/c1-13(20-16(22)12-14-8-4-2-5-9-14)18(23)21-17(19(24)25)15-10-6-3-7-11-15/h3,6-7,10-11,13-14,17H,2,4-5,8-9,12H2,1H3,(H,20,22)(H,21,23)(H,24,25). The molecule has 2 amide bonds. The maximum atomic E-state index is 12.3. The summed E-state index contributed by atoms with van der Waals surface area (Å²) in [6.45, 7) is 1.57. The quantitative estimate of drug-likeness (QED) is 0.706. The van der Waals surface area contributed by atoms with Crippen LogP contribution in [0.3, 0.4) is 0 Å². The molecule has 1 aliphatic carbocycles. The number of rotatable bonds is 7. The molecule has 0 bridgehead atoms. The number of carboxylic acid groups (broad SMARTS) is 1. The number of hydrogen-bond donors (Lipinski definition) is 3. The van der Waals surface area contributed by atoms with E-state index in [2.05, 4.69) is 10.6 Å². The topological polar surface area (TPSA) is 95.5 Å². The third-order valence-corrected chi connectivity index (χ3v) is 4.64. The van der Waals surface area contributed by atoms with E-state index in [9.17, 15) is 19.5 Å². The fraction of sp³-hybridized carbons (Fsp3) is 0.526. The highest BCUT2D eigenvalue weighted by molar-refractivity contribution is 5.90. The van der Waals surface area contributed by atoms with Gasteiger partial charge in [-0.05, 0) is 31.2 Å². The van der Waals surface area contributed by atoms with Crippen molar-refractivity contribution in [2.24, 2.45) is 5.92 Å². The molecule has 0 heterocycles. The highest BCUT2D eigenvalue weighted by Gasteiger charge is 2.26. The molecule has 0 radical (unpaired) electrons. The molecule has 1 aromatic carbocycles. The molecule has 2 rings (SSSR count). The second kappa shape index (κ2) is 9.20. The van der Waals surface area contributed by atoms with Gasteiger partial charge in [0.05, 0.1) is 0 Å². The number of hydrogen-bond acceptors (Lipinski definition) is 3. The lowest BCUT2D eigenvalue weighted by Crippen LogP contribution is -2.47. The van der Waals surface area contributed by atoms with Crippen LogP contribution in [-0.4, -0.2) is 28.9 Å². The zero-order valence-corrected chi connectivity index (χ0v) is 14.5. The molecule has 1 aromatic rings. The van der Waals surface area contributed by atoms with Gasteiger partial charge in [-0.25, -0.2) is 4.79 Å². The van der Waals surface area contributed by atoms with Crippen molar-refractivity contribution in [3.63, 3.8) is 0 Å². The predicted octanol–water partition coefficient (Wildman–Crippen LogP) is 2.40. The van der Waals surface area contributed by atoms with Crippen LogP contribution in [0.2, 0.25) is 0 Å². The SMILES string of the molecule is CC(NC(=O)CC1CCCCC1)C(=O)NC(C(=O)O)c1ccccc1. The normalized spacial score (nSPS) is 17.3. The van der Waals surface area contributed by atoms with Gasteiger partial charge in [0, 0.05) is 6.42 Å². The number of carbonyl (C=O) groups is 3. The fourth-order valence-corrected chi connectivity index (χ4v) is 3.22. The molecule has 1 saturated carbocycles. The van der Waals surface area contributed by atoms with Crippen LogP contribution in [0.4, 0.5) is 0 Å². The minimum atomic E-state index is -1.14. The Hall–Kier alpha value is -2.37. The summed E-state index contributed by atoms with van der Waals surface area (Å²) in [7, 11) is 0.